The van der Waals surface area contributed by atoms with Crippen LogP contribution in [0.2, 0.25) is 0 Å². The van der Waals surface area contributed by atoms with Crippen LogP contribution >= 0.6 is 0 Å². The van der Waals surface area contributed by atoms with E-state index in [1.165, 1.54) is 7.05 Å². The number of carbonyl (C=O) groups is 2. The smallest absolute Gasteiger partial charge is 0.319 e. The summed E-state index contributed by atoms with van der Waals surface area (Å²) in [6.45, 7) is -0.537. The second-order valence-corrected chi connectivity index (χ2v) is 3.95. The number of hydrogen-bond acceptors (Lipinski definition) is 7. The fraction of sp³-hybridized carbons (Fsp3) is 0.778. The van der Waals surface area contributed by atoms with Gasteiger partial charge in [-0.25, -0.2) is 5.01 Å². The average molecular weight is 264 g/mol. The zero-order valence-corrected chi connectivity index (χ0v) is 10.1. The molecule has 8 N–H and O–H groups in total. The van der Waals surface area contributed by atoms with E-state index >= 15 is 0 Å². The van der Waals surface area contributed by atoms with E-state index in [0.29, 0.717) is 0 Å². The van der Waals surface area contributed by atoms with Gasteiger partial charge in [0.25, 0.3) is 0 Å². The van der Waals surface area contributed by atoms with Gasteiger partial charge in [0, 0.05) is 26.1 Å². The number of nitrogens with one attached hydrogen (secondary N) is 1. The summed E-state index contributed by atoms with van der Waals surface area (Å²) in [5.74, 6) is -1.66. The van der Waals surface area contributed by atoms with Crippen LogP contribution in [0.5, 0.6) is 0 Å². The van der Waals surface area contributed by atoms with Crippen LogP contribution in [0.3, 0.4) is 0 Å². The largest absolute Gasteiger partial charge is 0.480 e. The number of carboxylic acid groups (broad SMARTS) is 1. The van der Waals surface area contributed by atoms with E-state index in [4.69, 9.17) is 16.6 Å². The van der Waals surface area contributed by atoms with Crippen molar-refractivity contribution in [2.24, 2.45) is 11.5 Å². The van der Waals surface area contributed by atoms with Gasteiger partial charge in [-0.2, -0.15) is 0 Å². The van der Waals surface area contributed by atoms with Crippen molar-refractivity contribution in [3.63, 3.8) is 0 Å². The summed E-state index contributed by atoms with van der Waals surface area (Å²) in [5, 5.41) is 28.2. The molecule has 3 atom stereocenters. The number of nitrogens with two attached hydrogens (primary N) is 2. The highest BCUT2D eigenvalue weighted by molar-refractivity contribution is 5.77. The Bertz CT molecular complexity index is 288. The number of aliphatic hydroxyl groups is 2. The standard InChI is InChI=1S/C9H20N4O5/c1-13(4-8(16)17)12-7(15)2-5(11)9(18)6(14)3-10/h5-6,9,14,18H,2-4,10-11H2,1H3,(H,12,15)(H,16,17)/t5-,6-,9-/m0/s1. The summed E-state index contributed by atoms with van der Waals surface area (Å²) >= 11 is 0. The van der Waals surface area contributed by atoms with Gasteiger partial charge in [0.2, 0.25) is 5.91 Å². The molecule has 0 aromatic carbocycles. The molecule has 0 saturated heterocycles. The number of aliphatic carboxylic acids is 1. The summed E-state index contributed by atoms with van der Waals surface area (Å²) in [6, 6.07) is -0.984. The van der Waals surface area contributed by atoms with Gasteiger partial charge in [-0.05, 0) is 0 Å². The number of carbonyl (C=O) groups excluding carboxylic acids is 1. The highest BCUT2D eigenvalue weighted by Crippen LogP contribution is 2.01. The first kappa shape index (κ1) is 16.7. The van der Waals surface area contributed by atoms with Crippen molar-refractivity contribution in [1.82, 2.24) is 10.4 Å². The fourth-order valence-electron chi connectivity index (χ4n) is 1.26. The molecule has 18 heavy (non-hydrogen) atoms. The lowest BCUT2D eigenvalue weighted by atomic mass is 10.0. The van der Waals surface area contributed by atoms with E-state index in [9.17, 15) is 19.8 Å². The SMILES string of the molecule is CN(CC(=O)O)NC(=O)C[C@H](N)[C@H](O)[C@@H](O)CN. The van der Waals surface area contributed by atoms with Crippen molar-refractivity contribution < 1.29 is 24.9 Å². The molecule has 0 fully saturated rings. The van der Waals surface area contributed by atoms with E-state index in [1.54, 1.807) is 0 Å². The monoisotopic (exact) mass is 264 g/mol. The van der Waals surface area contributed by atoms with E-state index in [1.807, 2.05) is 0 Å². The van der Waals surface area contributed by atoms with Crippen LogP contribution in [0.1, 0.15) is 6.42 Å². The molecular weight excluding hydrogens is 244 g/mol. The maximum atomic E-state index is 11.4. The third-order valence-electron chi connectivity index (χ3n) is 2.18. The molecule has 0 bridgehead atoms. The number of likely N-dealkylation sites (N-methyl/N-ethyl adjacent to an activating group) is 1. The Labute approximate surface area is 104 Å². The van der Waals surface area contributed by atoms with Gasteiger partial charge in [0.15, 0.2) is 0 Å². The molecule has 106 valence electrons. The van der Waals surface area contributed by atoms with Crippen LogP contribution in [0, 0.1) is 0 Å². The minimum Gasteiger partial charge on any atom is -0.480 e. The van der Waals surface area contributed by atoms with E-state index in [-0.39, 0.29) is 19.5 Å². The van der Waals surface area contributed by atoms with Gasteiger partial charge in [0.05, 0.1) is 12.2 Å². The number of carboxylic acids is 1. The molecule has 0 aliphatic rings. The minimum absolute atomic E-state index is 0.171. The zero-order valence-electron chi connectivity index (χ0n) is 10.1. The number of nitrogens with zero attached hydrogens (tertiary/aromatic N) is 1. The predicted molar refractivity (Wildman–Crippen MR) is 62.1 cm³/mol. The number of aliphatic hydroxyl groups excluding tert-OH is 2. The molecule has 0 heterocycles. The molecule has 0 aromatic heterocycles. The van der Waals surface area contributed by atoms with Crippen LogP contribution in [0.15, 0.2) is 0 Å². The quantitative estimate of drug-likeness (QED) is 0.245. The summed E-state index contributed by atoms with van der Waals surface area (Å²) < 4.78 is 0. The molecular formula is C9H20N4O5. The van der Waals surface area contributed by atoms with Gasteiger partial charge >= 0.3 is 5.97 Å². The maximum absolute atomic E-state index is 11.4. The first-order valence-electron chi connectivity index (χ1n) is 5.32. The van der Waals surface area contributed by atoms with Gasteiger partial charge in [-0.3, -0.25) is 15.0 Å². The molecule has 0 aromatic rings. The molecule has 0 aliphatic carbocycles. The van der Waals surface area contributed by atoms with Crippen molar-refractivity contribution in [3.05, 3.63) is 0 Å². The minimum atomic E-state index is -1.31. The second-order valence-electron chi connectivity index (χ2n) is 3.95. The highest BCUT2D eigenvalue weighted by Gasteiger charge is 2.24. The summed E-state index contributed by atoms with van der Waals surface area (Å²) in [4.78, 5) is 21.8. The Kier molecular flexibility index (Phi) is 7.39. The summed E-state index contributed by atoms with van der Waals surface area (Å²) in [7, 11) is 1.38. The van der Waals surface area contributed by atoms with Crippen molar-refractivity contribution in [3.8, 4) is 0 Å². The first-order valence-corrected chi connectivity index (χ1v) is 5.32. The fourth-order valence-corrected chi connectivity index (χ4v) is 1.26. The van der Waals surface area contributed by atoms with Gasteiger partial charge in [-0.1, -0.05) is 0 Å². The average Bonchev–Trinajstić information content (AvgIpc) is 2.25. The van der Waals surface area contributed by atoms with Crippen LogP contribution < -0.4 is 16.9 Å². The van der Waals surface area contributed by atoms with Gasteiger partial charge in [0.1, 0.15) is 6.54 Å². The predicted octanol–water partition coefficient (Wildman–Crippen LogP) is -3.57. The van der Waals surface area contributed by atoms with E-state index in [2.05, 4.69) is 5.43 Å². The van der Waals surface area contributed by atoms with Crippen molar-refractivity contribution in [2.75, 3.05) is 20.1 Å². The first-order chi connectivity index (χ1) is 8.27. The second kappa shape index (κ2) is 7.95. The van der Waals surface area contributed by atoms with Crippen molar-refractivity contribution in [1.29, 1.82) is 0 Å². The van der Waals surface area contributed by atoms with Crippen LogP contribution in [0.4, 0.5) is 0 Å². The Morgan fingerprint density at radius 1 is 1.39 bits per heavy atom. The number of hydrazine groups is 1. The molecule has 0 aliphatic heterocycles. The highest BCUT2D eigenvalue weighted by atomic mass is 16.4. The van der Waals surface area contributed by atoms with Crippen LogP contribution in [-0.4, -0.2) is 70.6 Å². The Morgan fingerprint density at radius 3 is 2.39 bits per heavy atom. The Morgan fingerprint density at radius 2 is 1.94 bits per heavy atom. The molecule has 0 radical (unpaired) electrons. The molecule has 0 unspecified atom stereocenters. The Hall–Kier alpha value is -1.26. The number of hydrogen-bond donors (Lipinski definition) is 6. The maximum Gasteiger partial charge on any atom is 0.319 e. The van der Waals surface area contributed by atoms with Crippen molar-refractivity contribution in [2.45, 2.75) is 24.7 Å². The lowest BCUT2D eigenvalue weighted by molar-refractivity contribution is -0.139. The normalized spacial score (nSPS) is 16.1. The molecule has 1 amide bonds. The number of amides is 1. The summed E-state index contributed by atoms with van der Waals surface area (Å²) in [5.41, 5.74) is 12.9. The lowest BCUT2D eigenvalue weighted by Gasteiger charge is -2.23. The molecule has 9 heteroatoms. The van der Waals surface area contributed by atoms with Gasteiger partial charge in [-0.15, -0.1) is 0 Å². The Balaban J connectivity index is 4.11. The topological polar surface area (TPSA) is 162 Å². The molecule has 9 nitrogen and oxygen atoms in total. The summed E-state index contributed by atoms with van der Waals surface area (Å²) in [6.07, 6.45) is -2.78. The van der Waals surface area contributed by atoms with Crippen molar-refractivity contribution >= 4 is 11.9 Å². The lowest BCUT2D eigenvalue weighted by Crippen LogP contribution is -2.50. The molecule has 0 saturated carbocycles. The van der Waals surface area contributed by atoms with E-state index in [0.717, 1.165) is 5.01 Å². The van der Waals surface area contributed by atoms with Gasteiger partial charge < -0.3 is 26.8 Å². The van der Waals surface area contributed by atoms with Crippen LogP contribution in [-0.2, 0) is 9.59 Å². The third-order valence-corrected chi connectivity index (χ3v) is 2.18. The molecule has 0 rings (SSSR count). The third kappa shape index (κ3) is 6.47. The van der Waals surface area contributed by atoms with E-state index < -0.39 is 30.1 Å². The number of rotatable bonds is 8. The van der Waals surface area contributed by atoms with Crippen LogP contribution in [0.25, 0.3) is 0 Å². The zero-order chi connectivity index (χ0) is 14.3. The molecule has 0 spiro atoms.